The second-order valence-electron chi connectivity index (χ2n) is 7.95. The van der Waals surface area contributed by atoms with Crippen molar-refractivity contribution in [1.29, 1.82) is 0 Å². The molecule has 0 bridgehead atoms. The summed E-state index contributed by atoms with van der Waals surface area (Å²) in [6.45, 7) is 1.72. The van der Waals surface area contributed by atoms with Crippen LogP contribution in [0.3, 0.4) is 0 Å². The Morgan fingerprint density at radius 2 is 1.82 bits per heavy atom. The van der Waals surface area contributed by atoms with Crippen molar-refractivity contribution in [3.63, 3.8) is 0 Å². The topological polar surface area (TPSA) is 87.5 Å². The van der Waals surface area contributed by atoms with Crippen molar-refractivity contribution in [3.8, 4) is 0 Å². The Bertz CT molecular complexity index is 977. The Labute approximate surface area is 209 Å². The van der Waals surface area contributed by atoms with Crippen LogP contribution >= 0.6 is 34.8 Å². The third-order valence-electron chi connectivity index (χ3n) is 5.37. The highest BCUT2D eigenvalue weighted by Crippen LogP contribution is 2.21. The maximum atomic E-state index is 13.1. The van der Waals surface area contributed by atoms with Crippen LogP contribution in [0.15, 0.2) is 48.5 Å². The second-order valence-corrected chi connectivity index (χ2v) is 9.26. The first-order valence-electron chi connectivity index (χ1n) is 10.8. The molecule has 33 heavy (non-hydrogen) atoms. The zero-order valence-corrected chi connectivity index (χ0v) is 20.3. The van der Waals surface area contributed by atoms with Gasteiger partial charge in [0.2, 0.25) is 11.8 Å². The fourth-order valence-electron chi connectivity index (χ4n) is 3.72. The van der Waals surface area contributed by atoms with Crippen molar-refractivity contribution < 1.29 is 9.59 Å². The summed E-state index contributed by atoms with van der Waals surface area (Å²) in [5.41, 5.74) is 7.50. The molecule has 1 saturated heterocycles. The number of amides is 2. The van der Waals surface area contributed by atoms with Crippen molar-refractivity contribution in [3.05, 3.63) is 74.7 Å². The van der Waals surface area contributed by atoms with Crippen LogP contribution in [0.5, 0.6) is 0 Å². The van der Waals surface area contributed by atoms with Crippen LogP contribution in [0.2, 0.25) is 15.1 Å². The first-order valence-corrected chi connectivity index (χ1v) is 11.9. The molecule has 0 unspecified atom stereocenters. The molecule has 0 aromatic heterocycles. The zero-order valence-electron chi connectivity index (χ0n) is 18.1. The second kappa shape index (κ2) is 12.4. The van der Waals surface area contributed by atoms with Crippen molar-refractivity contribution >= 4 is 52.7 Å². The third-order valence-corrected chi connectivity index (χ3v) is 6.05. The number of nitrogens with zero attached hydrogens (tertiary/aromatic N) is 1. The number of halogens is 3. The highest BCUT2D eigenvalue weighted by molar-refractivity contribution is 6.34. The summed E-state index contributed by atoms with van der Waals surface area (Å²) in [5, 5.41) is 7.98. The number of carbonyl (C=O) groups is 2. The fourth-order valence-corrected chi connectivity index (χ4v) is 4.42. The SMILES string of the molecule is NCC[C@@H]1N[C@H](CNC(=O)C=Cc2ccc(Cl)cc2)CCN(Cc2cc(Cl)cc(Cl)c2)C1=O. The molecule has 1 heterocycles. The lowest BCUT2D eigenvalue weighted by molar-refractivity contribution is -0.133. The summed E-state index contributed by atoms with van der Waals surface area (Å²) in [4.78, 5) is 27.2. The molecule has 0 aliphatic carbocycles. The number of nitrogens with two attached hydrogens (primary N) is 1. The largest absolute Gasteiger partial charge is 0.351 e. The van der Waals surface area contributed by atoms with Crippen LogP contribution in [0, 0.1) is 0 Å². The minimum absolute atomic E-state index is 0.0204. The molecule has 1 fully saturated rings. The molecule has 2 aromatic carbocycles. The molecule has 3 rings (SSSR count). The van der Waals surface area contributed by atoms with Gasteiger partial charge < -0.3 is 21.3 Å². The fraction of sp³-hybridized carbons (Fsp3) is 0.333. The molecule has 2 atom stereocenters. The number of nitrogens with one attached hydrogen (secondary N) is 2. The number of rotatable bonds is 8. The van der Waals surface area contributed by atoms with Crippen LogP contribution in [0.4, 0.5) is 0 Å². The van der Waals surface area contributed by atoms with Gasteiger partial charge in [-0.15, -0.1) is 0 Å². The van der Waals surface area contributed by atoms with Gasteiger partial charge in [-0.3, -0.25) is 9.59 Å². The summed E-state index contributed by atoms with van der Waals surface area (Å²) >= 11 is 18.1. The van der Waals surface area contributed by atoms with Gasteiger partial charge >= 0.3 is 0 Å². The maximum absolute atomic E-state index is 13.1. The van der Waals surface area contributed by atoms with E-state index in [1.165, 1.54) is 6.08 Å². The molecule has 2 aromatic rings. The average Bonchev–Trinajstić information content (AvgIpc) is 2.91. The van der Waals surface area contributed by atoms with Crippen LogP contribution < -0.4 is 16.4 Å². The van der Waals surface area contributed by atoms with Crippen LogP contribution in [0.1, 0.15) is 24.0 Å². The van der Waals surface area contributed by atoms with Crippen LogP contribution in [-0.4, -0.2) is 48.4 Å². The summed E-state index contributed by atoms with van der Waals surface area (Å²) in [5.74, 6) is -0.226. The van der Waals surface area contributed by atoms with E-state index in [0.717, 1.165) is 11.1 Å². The predicted octanol–water partition coefficient (Wildman–Crippen LogP) is 3.88. The molecular weight excluding hydrogens is 483 g/mol. The summed E-state index contributed by atoms with van der Waals surface area (Å²) < 4.78 is 0. The van der Waals surface area contributed by atoms with E-state index < -0.39 is 6.04 Å². The average molecular weight is 510 g/mol. The lowest BCUT2D eigenvalue weighted by Gasteiger charge is -2.24. The number of hydrogen-bond donors (Lipinski definition) is 3. The molecule has 1 aliphatic rings. The first-order chi connectivity index (χ1) is 15.8. The predicted molar refractivity (Wildman–Crippen MR) is 134 cm³/mol. The smallest absolute Gasteiger partial charge is 0.244 e. The number of hydrogen-bond acceptors (Lipinski definition) is 4. The standard InChI is InChI=1S/C24H27Cl3N4O2/c25-18-4-1-16(2-5-18)3-6-23(32)29-14-21-8-10-31(24(33)22(30-21)7-9-28)15-17-11-19(26)13-20(27)12-17/h1-6,11-13,21-22,30H,7-10,14-15,28H2,(H,29,32)/t21-,22-/m0/s1. The van der Waals surface area contributed by atoms with Gasteiger partial charge in [0.25, 0.3) is 0 Å². The Hall–Kier alpha value is -2.09. The zero-order chi connectivity index (χ0) is 23.8. The Kier molecular flexibility index (Phi) is 9.59. The highest BCUT2D eigenvalue weighted by Gasteiger charge is 2.30. The monoisotopic (exact) mass is 508 g/mol. The quantitative estimate of drug-likeness (QED) is 0.471. The molecule has 0 spiro atoms. The first kappa shape index (κ1) is 25.5. The van der Waals surface area contributed by atoms with E-state index >= 15 is 0 Å². The lowest BCUT2D eigenvalue weighted by atomic mass is 10.1. The molecule has 1 aliphatic heterocycles. The normalized spacial score (nSPS) is 19.0. The van der Waals surface area contributed by atoms with E-state index in [0.29, 0.717) is 54.1 Å². The third kappa shape index (κ3) is 8.02. The van der Waals surface area contributed by atoms with E-state index in [1.54, 1.807) is 29.2 Å². The van der Waals surface area contributed by atoms with Gasteiger partial charge in [-0.1, -0.05) is 46.9 Å². The molecule has 0 radical (unpaired) electrons. The van der Waals surface area contributed by atoms with Crippen LogP contribution in [0.25, 0.3) is 6.08 Å². The van der Waals surface area contributed by atoms with Gasteiger partial charge in [0.05, 0.1) is 6.04 Å². The summed E-state index contributed by atoms with van der Waals surface area (Å²) in [6, 6.07) is 12.0. The van der Waals surface area contributed by atoms with Gasteiger partial charge in [-0.2, -0.15) is 0 Å². The molecular formula is C24H27Cl3N4O2. The van der Waals surface area contributed by atoms with Crippen molar-refractivity contribution in [1.82, 2.24) is 15.5 Å². The maximum Gasteiger partial charge on any atom is 0.244 e. The minimum Gasteiger partial charge on any atom is -0.351 e. The van der Waals surface area contributed by atoms with E-state index in [-0.39, 0.29) is 17.9 Å². The molecule has 4 N–H and O–H groups in total. The Morgan fingerprint density at radius 1 is 1.12 bits per heavy atom. The molecule has 2 amide bonds. The van der Waals surface area contributed by atoms with Gasteiger partial charge in [-0.25, -0.2) is 0 Å². The molecule has 176 valence electrons. The minimum atomic E-state index is -0.418. The summed E-state index contributed by atoms with van der Waals surface area (Å²) in [6.07, 6.45) is 4.40. The van der Waals surface area contributed by atoms with E-state index in [9.17, 15) is 9.59 Å². The molecule has 6 nitrogen and oxygen atoms in total. The molecule has 0 saturated carbocycles. The van der Waals surface area contributed by atoms with Gasteiger partial charge in [-0.05, 0) is 66.9 Å². The number of benzene rings is 2. The highest BCUT2D eigenvalue weighted by atomic mass is 35.5. The summed E-state index contributed by atoms with van der Waals surface area (Å²) in [7, 11) is 0. The Morgan fingerprint density at radius 3 is 2.48 bits per heavy atom. The van der Waals surface area contributed by atoms with Crippen molar-refractivity contribution in [2.45, 2.75) is 31.5 Å². The van der Waals surface area contributed by atoms with Crippen molar-refractivity contribution in [2.24, 2.45) is 5.73 Å². The van der Waals surface area contributed by atoms with E-state index in [2.05, 4.69) is 10.6 Å². The van der Waals surface area contributed by atoms with E-state index in [4.69, 9.17) is 40.5 Å². The van der Waals surface area contributed by atoms with Crippen LogP contribution in [-0.2, 0) is 16.1 Å². The van der Waals surface area contributed by atoms with Gasteiger partial charge in [0.15, 0.2) is 0 Å². The van der Waals surface area contributed by atoms with E-state index in [1.807, 2.05) is 24.3 Å². The number of carbonyl (C=O) groups excluding carboxylic acids is 2. The lowest BCUT2D eigenvalue weighted by Crippen LogP contribution is -2.49. The van der Waals surface area contributed by atoms with Gasteiger partial charge in [0.1, 0.15) is 0 Å². The van der Waals surface area contributed by atoms with Gasteiger partial charge in [0, 0.05) is 46.8 Å². The molecule has 9 heteroatoms. The Balaban J connectivity index is 1.60. The van der Waals surface area contributed by atoms with Crippen molar-refractivity contribution in [2.75, 3.05) is 19.6 Å².